The molecular formula is C8H14O. The molecule has 0 amide bonds. The van der Waals surface area contributed by atoms with Crippen molar-refractivity contribution in [2.75, 3.05) is 6.61 Å². The number of hydrogen-bond acceptors (Lipinski definition) is 1. The maximum absolute atomic E-state index is 5.40. The second-order valence-electron chi connectivity index (χ2n) is 3.45. The SMILES string of the molecule is C=CC1CC(C)(C)CO1. The molecule has 0 saturated carbocycles. The Hall–Kier alpha value is -0.300. The molecule has 1 aliphatic rings. The number of ether oxygens (including phenoxy) is 1. The standard InChI is InChI=1S/C8H14O/c1-4-7-5-8(2,3)6-9-7/h4,7H,1,5-6H2,2-3H3. The van der Waals surface area contributed by atoms with E-state index in [1.807, 2.05) is 6.08 Å². The minimum absolute atomic E-state index is 0.306. The van der Waals surface area contributed by atoms with E-state index < -0.39 is 0 Å². The van der Waals surface area contributed by atoms with Crippen LogP contribution in [-0.4, -0.2) is 12.7 Å². The van der Waals surface area contributed by atoms with E-state index in [4.69, 9.17) is 4.74 Å². The Balaban J connectivity index is 2.47. The third-order valence-corrected chi connectivity index (χ3v) is 1.70. The molecule has 1 nitrogen and oxygen atoms in total. The van der Waals surface area contributed by atoms with Crippen LogP contribution in [0.15, 0.2) is 12.7 Å². The molecule has 1 atom stereocenters. The second-order valence-corrected chi connectivity index (χ2v) is 3.45. The van der Waals surface area contributed by atoms with E-state index in [9.17, 15) is 0 Å². The molecule has 1 unspecified atom stereocenters. The van der Waals surface area contributed by atoms with Crippen molar-refractivity contribution in [1.82, 2.24) is 0 Å². The Morgan fingerprint density at radius 1 is 1.67 bits per heavy atom. The van der Waals surface area contributed by atoms with Gasteiger partial charge in [-0.25, -0.2) is 0 Å². The summed E-state index contributed by atoms with van der Waals surface area (Å²) < 4.78 is 5.40. The average molecular weight is 126 g/mol. The van der Waals surface area contributed by atoms with Gasteiger partial charge in [0.1, 0.15) is 0 Å². The third kappa shape index (κ3) is 1.55. The van der Waals surface area contributed by atoms with Crippen LogP contribution in [0.5, 0.6) is 0 Å². The fourth-order valence-electron chi connectivity index (χ4n) is 1.15. The Morgan fingerprint density at radius 2 is 2.33 bits per heavy atom. The monoisotopic (exact) mass is 126 g/mol. The maximum atomic E-state index is 5.40. The summed E-state index contributed by atoms with van der Waals surface area (Å²) in [7, 11) is 0. The van der Waals surface area contributed by atoms with Crippen molar-refractivity contribution in [2.45, 2.75) is 26.4 Å². The average Bonchev–Trinajstić information content (AvgIpc) is 2.10. The molecule has 0 aliphatic carbocycles. The van der Waals surface area contributed by atoms with Crippen molar-refractivity contribution in [1.29, 1.82) is 0 Å². The predicted octanol–water partition coefficient (Wildman–Crippen LogP) is 1.99. The molecule has 1 saturated heterocycles. The van der Waals surface area contributed by atoms with Gasteiger partial charge in [0.25, 0.3) is 0 Å². The Bertz CT molecular complexity index is 116. The molecule has 1 rings (SSSR count). The minimum atomic E-state index is 0.306. The highest BCUT2D eigenvalue weighted by Gasteiger charge is 2.29. The largest absolute Gasteiger partial charge is 0.374 e. The molecule has 1 aliphatic heterocycles. The molecule has 0 spiro atoms. The van der Waals surface area contributed by atoms with E-state index in [0.29, 0.717) is 11.5 Å². The van der Waals surface area contributed by atoms with Gasteiger partial charge in [-0.2, -0.15) is 0 Å². The Labute approximate surface area is 56.7 Å². The summed E-state index contributed by atoms with van der Waals surface area (Å²) >= 11 is 0. The van der Waals surface area contributed by atoms with Crippen molar-refractivity contribution >= 4 is 0 Å². The highest BCUT2D eigenvalue weighted by molar-refractivity contribution is 4.90. The van der Waals surface area contributed by atoms with Crippen molar-refractivity contribution in [3.8, 4) is 0 Å². The lowest BCUT2D eigenvalue weighted by atomic mass is 9.91. The van der Waals surface area contributed by atoms with Crippen molar-refractivity contribution in [2.24, 2.45) is 5.41 Å². The van der Waals surface area contributed by atoms with Gasteiger partial charge in [-0.05, 0) is 11.8 Å². The van der Waals surface area contributed by atoms with Gasteiger partial charge in [0.15, 0.2) is 0 Å². The smallest absolute Gasteiger partial charge is 0.0759 e. The first-order valence-corrected chi connectivity index (χ1v) is 3.38. The molecule has 0 N–H and O–H groups in total. The lowest BCUT2D eigenvalue weighted by molar-refractivity contribution is 0.128. The van der Waals surface area contributed by atoms with Crippen LogP contribution in [0.1, 0.15) is 20.3 Å². The van der Waals surface area contributed by atoms with Crippen LogP contribution in [0.25, 0.3) is 0 Å². The van der Waals surface area contributed by atoms with E-state index in [2.05, 4.69) is 20.4 Å². The fourth-order valence-corrected chi connectivity index (χ4v) is 1.15. The first-order valence-electron chi connectivity index (χ1n) is 3.38. The fraction of sp³-hybridized carbons (Fsp3) is 0.750. The third-order valence-electron chi connectivity index (χ3n) is 1.70. The van der Waals surface area contributed by atoms with E-state index in [0.717, 1.165) is 13.0 Å². The van der Waals surface area contributed by atoms with E-state index >= 15 is 0 Å². The molecule has 9 heavy (non-hydrogen) atoms. The van der Waals surface area contributed by atoms with E-state index in [1.165, 1.54) is 0 Å². The van der Waals surface area contributed by atoms with Gasteiger partial charge < -0.3 is 4.74 Å². The molecular weight excluding hydrogens is 112 g/mol. The van der Waals surface area contributed by atoms with Crippen molar-refractivity contribution in [3.05, 3.63) is 12.7 Å². The van der Waals surface area contributed by atoms with Gasteiger partial charge in [-0.1, -0.05) is 19.9 Å². The normalized spacial score (nSPS) is 32.4. The topological polar surface area (TPSA) is 9.23 Å². The summed E-state index contributed by atoms with van der Waals surface area (Å²) in [5, 5.41) is 0. The maximum Gasteiger partial charge on any atom is 0.0759 e. The summed E-state index contributed by atoms with van der Waals surface area (Å²) in [6.45, 7) is 9.00. The molecule has 0 bridgehead atoms. The first kappa shape index (κ1) is 6.81. The van der Waals surface area contributed by atoms with Gasteiger partial charge in [-0.3, -0.25) is 0 Å². The van der Waals surface area contributed by atoms with Crippen LogP contribution in [0.4, 0.5) is 0 Å². The summed E-state index contributed by atoms with van der Waals surface area (Å²) in [4.78, 5) is 0. The zero-order chi connectivity index (χ0) is 6.91. The predicted molar refractivity (Wildman–Crippen MR) is 38.3 cm³/mol. The van der Waals surface area contributed by atoms with Gasteiger partial charge in [0, 0.05) is 0 Å². The van der Waals surface area contributed by atoms with Crippen molar-refractivity contribution < 1.29 is 4.74 Å². The zero-order valence-electron chi connectivity index (χ0n) is 6.18. The number of rotatable bonds is 1. The molecule has 52 valence electrons. The molecule has 0 radical (unpaired) electrons. The first-order chi connectivity index (χ1) is 4.14. The van der Waals surface area contributed by atoms with Gasteiger partial charge in [0.2, 0.25) is 0 Å². The lowest BCUT2D eigenvalue weighted by Crippen LogP contribution is -2.09. The second kappa shape index (κ2) is 2.14. The summed E-state index contributed by atoms with van der Waals surface area (Å²) in [6, 6.07) is 0. The Kier molecular flexibility index (Phi) is 1.62. The zero-order valence-corrected chi connectivity index (χ0v) is 6.18. The van der Waals surface area contributed by atoms with Gasteiger partial charge in [-0.15, -0.1) is 6.58 Å². The van der Waals surface area contributed by atoms with Crippen LogP contribution >= 0.6 is 0 Å². The molecule has 1 heteroatoms. The van der Waals surface area contributed by atoms with Crippen LogP contribution in [0.3, 0.4) is 0 Å². The molecule has 0 aromatic carbocycles. The summed E-state index contributed by atoms with van der Waals surface area (Å²) in [5.74, 6) is 0. The van der Waals surface area contributed by atoms with Gasteiger partial charge in [0.05, 0.1) is 12.7 Å². The lowest BCUT2D eigenvalue weighted by Gasteiger charge is -2.12. The number of hydrogen-bond donors (Lipinski definition) is 0. The molecule has 0 aromatic rings. The van der Waals surface area contributed by atoms with Gasteiger partial charge >= 0.3 is 0 Å². The summed E-state index contributed by atoms with van der Waals surface area (Å²) in [6.07, 6.45) is 3.31. The highest BCUT2D eigenvalue weighted by Crippen LogP contribution is 2.31. The van der Waals surface area contributed by atoms with Crippen LogP contribution in [0, 0.1) is 5.41 Å². The Morgan fingerprint density at radius 3 is 2.56 bits per heavy atom. The van der Waals surface area contributed by atoms with Crippen LogP contribution < -0.4 is 0 Å². The van der Waals surface area contributed by atoms with Crippen LogP contribution in [-0.2, 0) is 4.74 Å². The molecule has 1 heterocycles. The summed E-state index contributed by atoms with van der Waals surface area (Å²) in [5.41, 5.74) is 0.374. The van der Waals surface area contributed by atoms with Crippen molar-refractivity contribution in [3.63, 3.8) is 0 Å². The minimum Gasteiger partial charge on any atom is -0.374 e. The quantitative estimate of drug-likeness (QED) is 0.488. The molecule has 1 fully saturated rings. The van der Waals surface area contributed by atoms with E-state index in [-0.39, 0.29) is 0 Å². The highest BCUT2D eigenvalue weighted by atomic mass is 16.5. The van der Waals surface area contributed by atoms with Crippen LogP contribution in [0.2, 0.25) is 0 Å². The molecule has 0 aromatic heterocycles. The van der Waals surface area contributed by atoms with E-state index in [1.54, 1.807) is 0 Å².